The van der Waals surface area contributed by atoms with Crippen molar-refractivity contribution in [3.8, 4) is 0 Å². The molecule has 0 saturated carbocycles. The SMILES string of the molecule is C=CCO[C@@H]1[C@H](OC(C)=O)[C@@H](O)O[C@H](COS(C)(=O)=O)[C@H]1OCc1ccccc1. The van der Waals surface area contributed by atoms with E-state index in [1.165, 1.54) is 13.0 Å². The Labute approximate surface area is 170 Å². The molecule has 1 aromatic rings. The molecule has 0 radical (unpaired) electrons. The first kappa shape index (κ1) is 23.5. The van der Waals surface area contributed by atoms with Gasteiger partial charge in [-0.25, -0.2) is 0 Å². The molecule has 1 heterocycles. The molecular formula is C19H26O9S. The van der Waals surface area contributed by atoms with Crippen LogP contribution in [0.5, 0.6) is 0 Å². The van der Waals surface area contributed by atoms with Gasteiger partial charge in [-0.3, -0.25) is 8.98 Å². The summed E-state index contributed by atoms with van der Waals surface area (Å²) < 4.78 is 50.0. The minimum Gasteiger partial charge on any atom is -0.454 e. The fourth-order valence-electron chi connectivity index (χ4n) is 2.87. The molecule has 0 aromatic heterocycles. The van der Waals surface area contributed by atoms with Gasteiger partial charge in [0.2, 0.25) is 0 Å². The van der Waals surface area contributed by atoms with Gasteiger partial charge in [0.05, 0.1) is 26.1 Å². The number of ether oxygens (including phenoxy) is 4. The van der Waals surface area contributed by atoms with Crippen molar-refractivity contribution in [3.63, 3.8) is 0 Å². The van der Waals surface area contributed by atoms with Crippen LogP contribution in [-0.4, -0.2) is 69.7 Å². The van der Waals surface area contributed by atoms with Crippen LogP contribution < -0.4 is 0 Å². The molecule has 29 heavy (non-hydrogen) atoms. The lowest BCUT2D eigenvalue weighted by molar-refractivity contribution is -0.303. The number of carbonyl (C=O) groups is 1. The number of hydrogen-bond acceptors (Lipinski definition) is 9. The summed E-state index contributed by atoms with van der Waals surface area (Å²) in [5, 5.41) is 10.3. The zero-order valence-electron chi connectivity index (χ0n) is 16.3. The van der Waals surface area contributed by atoms with Crippen LogP contribution >= 0.6 is 0 Å². The number of hydrogen-bond donors (Lipinski definition) is 1. The van der Waals surface area contributed by atoms with Crippen molar-refractivity contribution in [1.29, 1.82) is 0 Å². The third-order valence-corrected chi connectivity index (χ3v) is 4.61. The molecule has 9 nitrogen and oxygen atoms in total. The van der Waals surface area contributed by atoms with Crippen molar-refractivity contribution in [2.24, 2.45) is 0 Å². The second-order valence-corrected chi connectivity index (χ2v) is 8.12. The lowest BCUT2D eigenvalue weighted by atomic mass is 9.98. The maximum absolute atomic E-state index is 11.5. The summed E-state index contributed by atoms with van der Waals surface area (Å²) in [6, 6.07) is 9.25. The van der Waals surface area contributed by atoms with Crippen molar-refractivity contribution in [1.82, 2.24) is 0 Å². The van der Waals surface area contributed by atoms with E-state index >= 15 is 0 Å². The van der Waals surface area contributed by atoms with Gasteiger partial charge in [-0.1, -0.05) is 36.4 Å². The summed E-state index contributed by atoms with van der Waals surface area (Å²) in [6.07, 6.45) is -3.18. The number of rotatable bonds is 10. The molecule has 0 unspecified atom stereocenters. The Kier molecular flexibility index (Phi) is 8.75. The van der Waals surface area contributed by atoms with E-state index in [4.69, 9.17) is 23.1 Å². The number of carbonyl (C=O) groups excluding carboxylic acids is 1. The summed E-state index contributed by atoms with van der Waals surface area (Å²) in [4.78, 5) is 11.5. The molecule has 1 aliphatic heterocycles. The fourth-order valence-corrected chi connectivity index (χ4v) is 3.26. The topological polar surface area (TPSA) is 118 Å². The van der Waals surface area contributed by atoms with Crippen molar-refractivity contribution < 1.29 is 41.4 Å². The molecular weight excluding hydrogens is 404 g/mol. The first-order chi connectivity index (χ1) is 13.7. The van der Waals surface area contributed by atoms with Crippen molar-refractivity contribution in [3.05, 3.63) is 48.6 Å². The first-order valence-corrected chi connectivity index (χ1v) is 10.8. The molecule has 1 saturated heterocycles. The average Bonchev–Trinajstić information content (AvgIpc) is 2.65. The Morgan fingerprint density at radius 1 is 1.21 bits per heavy atom. The smallest absolute Gasteiger partial charge is 0.303 e. The fraction of sp³-hybridized carbons (Fsp3) is 0.526. The van der Waals surface area contributed by atoms with Gasteiger partial charge in [-0.05, 0) is 5.56 Å². The monoisotopic (exact) mass is 430 g/mol. The van der Waals surface area contributed by atoms with E-state index in [0.29, 0.717) is 0 Å². The third-order valence-electron chi connectivity index (χ3n) is 4.05. The van der Waals surface area contributed by atoms with Gasteiger partial charge in [0, 0.05) is 6.92 Å². The zero-order valence-corrected chi connectivity index (χ0v) is 17.1. The van der Waals surface area contributed by atoms with Crippen molar-refractivity contribution >= 4 is 16.1 Å². The number of benzene rings is 1. The normalized spacial score (nSPS) is 27.3. The third kappa shape index (κ3) is 7.50. The molecule has 2 rings (SSSR count). The highest BCUT2D eigenvalue weighted by atomic mass is 32.2. The highest BCUT2D eigenvalue weighted by Gasteiger charge is 2.49. The zero-order chi connectivity index (χ0) is 21.4. The molecule has 1 N–H and O–H groups in total. The van der Waals surface area contributed by atoms with Gasteiger partial charge in [0.1, 0.15) is 18.3 Å². The summed E-state index contributed by atoms with van der Waals surface area (Å²) in [5.41, 5.74) is 0.855. The highest BCUT2D eigenvalue weighted by molar-refractivity contribution is 7.85. The van der Waals surface area contributed by atoms with E-state index in [1.807, 2.05) is 30.3 Å². The Balaban J connectivity index is 2.27. The minimum absolute atomic E-state index is 0.0833. The molecule has 0 bridgehead atoms. The van der Waals surface area contributed by atoms with Crippen LogP contribution in [0.15, 0.2) is 43.0 Å². The molecule has 0 spiro atoms. The van der Waals surface area contributed by atoms with Crippen molar-refractivity contribution in [2.75, 3.05) is 19.5 Å². The van der Waals surface area contributed by atoms with Gasteiger partial charge in [-0.15, -0.1) is 6.58 Å². The van der Waals surface area contributed by atoms with E-state index in [-0.39, 0.29) is 13.2 Å². The lowest BCUT2D eigenvalue weighted by Gasteiger charge is -2.43. The molecule has 1 aliphatic rings. The lowest BCUT2D eigenvalue weighted by Crippen LogP contribution is -2.61. The standard InChI is InChI=1S/C19H26O9S/c1-4-10-24-17-16(25-11-14-8-6-5-7-9-14)15(12-26-29(3,22)23)28-19(21)18(17)27-13(2)20/h4-9,15-19,21H,1,10-12H2,2-3H3/t15-,16-,17+,18+,19+/m1/s1. The van der Waals surface area contributed by atoms with Gasteiger partial charge >= 0.3 is 5.97 Å². The van der Waals surface area contributed by atoms with Gasteiger partial charge < -0.3 is 24.1 Å². The molecule has 0 aliphatic carbocycles. The summed E-state index contributed by atoms with van der Waals surface area (Å²) >= 11 is 0. The molecule has 1 aromatic carbocycles. The van der Waals surface area contributed by atoms with Crippen LogP contribution in [0.3, 0.4) is 0 Å². The Morgan fingerprint density at radius 2 is 1.90 bits per heavy atom. The van der Waals surface area contributed by atoms with Crippen LogP contribution in [0.4, 0.5) is 0 Å². The van der Waals surface area contributed by atoms with Crippen molar-refractivity contribution in [2.45, 2.75) is 44.2 Å². The maximum Gasteiger partial charge on any atom is 0.303 e. The van der Waals surface area contributed by atoms with E-state index in [2.05, 4.69) is 6.58 Å². The summed E-state index contributed by atoms with van der Waals surface area (Å²) in [7, 11) is -3.76. The van der Waals surface area contributed by atoms with Crippen LogP contribution in [0.2, 0.25) is 0 Å². The minimum atomic E-state index is -3.76. The van der Waals surface area contributed by atoms with Gasteiger partial charge in [0.15, 0.2) is 12.4 Å². The molecule has 1 fully saturated rings. The Morgan fingerprint density at radius 3 is 2.48 bits per heavy atom. The quantitative estimate of drug-likeness (QED) is 0.326. The second kappa shape index (κ2) is 10.8. The van der Waals surface area contributed by atoms with E-state index in [1.54, 1.807) is 0 Å². The molecule has 0 amide bonds. The Bertz CT molecular complexity index is 765. The van der Waals surface area contributed by atoms with Crippen LogP contribution in [0.25, 0.3) is 0 Å². The predicted molar refractivity (Wildman–Crippen MR) is 102 cm³/mol. The molecule has 10 heteroatoms. The predicted octanol–water partition coefficient (Wildman–Crippen LogP) is 0.768. The largest absolute Gasteiger partial charge is 0.454 e. The highest BCUT2D eigenvalue weighted by Crippen LogP contribution is 2.28. The van der Waals surface area contributed by atoms with Crippen LogP contribution in [-0.2, 0) is 44.7 Å². The van der Waals surface area contributed by atoms with Gasteiger partial charge in [-0.2, -0.15) is 8.42 Å². The second-order valence-electron chi connectivity index (χ2n) is 6.48. The number of aliphatic hydroxyl groups excluding tert-OH is 1. The molecule has 5 atom stereocenters. The Hall–Kier alpha value is -1.82. The van der Waals surface area contributed by atoms with Crippen LogP contribution in [0, 0.1) is 0 Å². The average molecular weight is 430 g/mol. The summed E-state index contributed by atoms with van der Waals surface area (Å²) in [6.45, 7) is 4.61. The van der Waals surface area contributed by atoms with E-state index in [9.17, 15) is 18.3 Å². The van der Waals surface area contributed by atoms with Gasteiger partial charge in [0.25, 0.3) is 10.1 Å². The first-order valence-electron chi connectivity index (χ1n) is 8.94. The van der Waals surface area contributed by atoms with E-state index < -0.39 is 53.4 Å². The number of esters is 1. The maximum atomic E-state index is 11.5. The van der Waals surface area contributed by atoms with Crippen LogP contribution in [0.1, 0.15) is 12.5 Å². The summed E-state index contributed by atoms with van der Waals surface area (Å²) in [5.74, 6) is -0.641. The number of aliphatic hydroxyl groups is 1. The van der Waals surface area contributed by atoms with E-state index in [0.717, 1.165) is 11.8 Å². The molecule has 162 valence electrons.